The van der Waals surface area contributed by atoms with E-state index >= 15 is 0 Å². The lowest BCUT2D eigenvalue weighted by atomic mass is 9.77. The molecule has 178 valence electrons. The second-order valence-corrected chi connectivity index (χ2v) is 9.26. The third-order valence-electron chi connectivity index (χ3n) is 6.48. The Morgan fingerprint density at radius 3 is 2.78 bits per heavy atom. The van der Waals surface area contributed by atoms with Crippen molar-refractivity contribution in [1.82, 2.24) is 24.3 Å². The molecule has 10 heteroatoms. The predicted octanol–water partition coefficient (Wildman–Crippen LogP) is 3.98. The van der Waals surface area contributed by atoms with E-state index < -0.39 is 5.41 Å². The predicted molar refractivity (Wildman–Crippen MR) is 136 cm³/mol. The Morgan fingerprint density at radius 1 is 1.14 bits per heavy atom. The van der Waals surface area contributed by atoms with Crippen LogP contribution in [0.1, 0.15) is 29.3 Å². The van der Waals surface area contributed by atoms with Crippen molar-refractivity contribution in [3.05, 3.63) is 94.5 Å². The molecule has 1 amide bonds. The lowest BCUT2D eigenvalue weighted by Gasteiger charge is -2.23. The number of halogens is 1. The molecule has 0 saturated carbocycles. The van der Waals surface area contributed by atoms with Crippen molar-refractivity contribution in [2.75, 3.05) is 11.1 Å². The lowest BCUT2D eigenvalue weighted by Crippen LogP contribution is -2.32. The van der Waals surface area contributed by atoms with E-state index in [1.54, 1.807) is 43.6 Å². The number of nitrogens with one attached hydrogen (secondary N) is 1. The van der Waals surface area contributed by atoms with Crippen molar-refractivity contribution in [3.8, 4) is 17.3 Å². The number of amides is 1. The van der Waals surface area contributed by atoms with E-state index in [9.17, 15) is 9.90 Å². The van der Waals surface area contributed by atoms with Crippen LogP contribution < -0.4 is 11.1 Å². The van der Waals surface area contributed by atoms with Crippen molar-refractivity contribution < 1.29 is 9.90 Å². The van der Waals surface area contributed by atoms with Gasteiger partial charge in [0.25, 0.3) is 0 Å². The zero-order chi connectivity index (χ0) is 25.0. The first kappa shape index (κ1) is 22.0. The fraction of sp³-hybridized carbons (Fsp3) is 0.115. The van der Waals surface area contributed by atoms with Gasteiger partial charge in [0.05, 0.1) is 11.3 Å². The molecule has 1 unspecified atom stereocenters. The number of hydrogen-bond donors (Lipinski definition) is 3. The first-order chi connectivity index (χ1) is 17.3. The normalized spacial score (nSPS) is 16.8. The van der Waals surface area contributed by atoms with Crippen LogP contribution in [-0.4, -0.2) is 35.4 Å². The molecule has 0 aliphatic carbocycles. The number of nitrogens with two attached hydrogens (primary N) is 1. The number of rotatable bonds is 4. The summed E-state index contributed by atoms with van der Waals surface area (Å²) in [6, 6.07) is 14.1. The molecule has 0 saturated heterocycles. The Morgan fingerprint density at radius 2 is 1.97 bits per heavy atom. The highest BCUT2D eigenvalue weighted by Crippen LogP contribution is 2.45. The number of imidazole rings is 1. The quantitative estimate of drug-likeness (QED) is 0.342. The molecular formula is C26H20ClN7O2. The number of aromatic nitrogens is 5. The third kappa shape index (κ3) is 3.44. The average Bonchev–Trinajstić information content (AvgIpc) is 3.42. The van der Waals surface area contributed by atoms with Crippen LogP contribution in [0.3, 0.4) is 0 Å². The number of nitrogens with zero attached hydrogens (tertiary/aromatic N) is 5. The summed E-state index contributed by atoms with van der Waals surface area (Å²) in [6.07, 6.45) is 5.79. The summed E-state index contributed by atoms with van der Waals surface area (Å²) in [5, 5.41) is 13.5. The molecule has 1 aliphatic rings. The van der Waals surface area contributed by atoms with Crippen LogP contribution in [0.2, 0.25) is 5.02 Å². The largest absolute Gasteiger partial charge is 0.508 e. The molecule has 4 heterocycles. The van der Waals surface area contributed by atoms with E-state index in [1.807, 2.05) is 34.9 Å². The molecule has 5 aromatic rings. The number of fused-ring (bicyclic) bond motifs is 2. The van der Waals surface area contributed by atoms with E-state index in [4.69, 9.17) is 22.3 Å². The summed E-state index contributed by atoms with van der Waals surface area (Å²) in [4.78, 5) is 31.6. The highest BCUT2D eigenvalue weighted by Gasteiger charge is 2.47. The van der Waals surface area contributed by atoms with Gasteiger partial charge in [0.1, 0.15) is 28.5 Å². The van der Waals surface area contributed by atoms with Crippen molar-refractivity contribution in [2.24, 2.45) is 0 Å². The highest BCUT2D eigenvalue weighted by atomic mass is 35.5. The average molecular weight is 498 g/mol. The Bertz CT molecular complexity index is 1680. The first-order valence-corrected chi connectivity index (χ1v) is 11.6. The van der Waals surface area contributed by atoms with Crippen LogP contribution in [0.5, 0.6) is 5.75 Å². The molecule has 36 heavy (non-hydrogen) atoms. The van der Waals surface area contributed by atoms with E-state index in [2.05, 4.69) is 20.3 Å². The van der Waals surface area contributed by atoms with Crippen LogP contribution in [0.4, 0.5) is 11.6 Å². The van der Waals surface area contributed by atoms with Gasteiger partial charge in [-0.15, -0.1) is 0 Å². The van der Waals surface area contributed by atoms with E-state index in [-0.39, 0.29) is 23.3 Å². The number of hydrogen-bond acceptors (Lipinski definition) is 7. The van der Waals surface area contributed by atoms with Crippen LogP contribution >= 0.6 is 11.6 Å². The minimum Gasteiger partial charge on any atom is -0.508 e. The molecule has 0 radical (unpaired) electrons. The van der Waals surface area contributed by atoms with Gasteiger partial charge in [-0.3, -0.25) is 4.79 Å². The monoisotopic (exact) mass is 497 g/mol. The summed E-state index contributed by atoms with van der Waals surface area (Å²) < 4.78 is 1.85. The zero-order valence-electron chi connectivity index (χ0n) is 19.1. The number of nitrogen functional groups attached to an aromatic ring is 1. The van der Waals surface area contributed by atoms with Crippen molar-refractivity contribution in [2.45, 2.75) is 18.8 Å². The molecular weight excluding hydrogens is 478 g/mol. The van der Waals surface area contributed by atoms with Gasteiger partial charge in [0, 0.05) is 30.0 Å². The Hall–Kier alpha value is -4.50. The SMILES string of the molecule is CC1(c2cccc(O)c2)C(=O)Nc2nc(-c3cn4ccnc4c(Cc4cccc(Cl)c4)n3)nc(N)c21. The number of aromatic hydroxyl groups is 1. The second-order valence-electron chi connectivity index (χ2n) is 8.82. The smallest absolute Gasteiger partial charge is 0.240 e. The molecule has 1 aliphatic heterocycles. The number of carbonyl (C=O) groups is 1. The minimum absolute atomic E-state index is 0.0520. The highest BCUT2D eigenvalue weighted by molar-refractivity contribution is 6.30. The van der Waals surface area contributed by atoms with Crippen molar-refractivity contribution >= 4 is 34.8 Å². The third-order valence-corrected chi connectivity index (χ3v) is 6.71. The van der Waals surface area contributed by atoms with Gasteiger partial charge >= 0.3 is 0 Å². The molecule has 2 aromatic carbocycles. The Balaban J connectivity index is 1.47. The molecule has 3 aromatic heterocycles. The Kier molecular flexibility index (Phi) is 4.90. The van der Waals surface area contributed by atoms with Gasteiger partial charge in [-0.1, -0.05) is 35.9 Å². The number of carbonyl (C=O) groups excluding carboxylic acids is 1. The number of phenolic OH excluding ortho intramolecular Hbond substituents is 1. The fourth-order valence-corrected chi connectivity index (χ4v) is 4.89. The zero-order valence-corrected chi connectivity index (χ0v) is 19.9. The maximum atomic E-state index is 13.1. The molecule has 1 atom stereocenters. The summed E-state index contributed by atoms with van der Waals surface area (Å²) in [5.74, 6) is 0.493. The summed E-state index contributed by atoms with van der Waals surface area (Å²) in [5.41, 5.74) is 9.21. The van der Waals surface area contributed by atoms with Gasteiger partial charge in [-0.25, -0.2) is 19.9 Å². The fourth-order valence-electron chi connectivity index (χ4n) is 4.68. The topological polar surface area (TPSA) is 131 Å². The van der Waals surface area contributed by atoms with Gasteiger partial charge < -0.3 is 20.6 Å². The molecule has 4 N–H and O–H groups in total. The molecule has 9 nitrogen and oxygen atoms in total. The van der Waals surface area contributed by atoms with E-state index in [1.165, 1.54) is 0 Å². The minimum atomic E-state index is -1.16. The summed E-state index contributed by atoms with van der Waals surface area (Å²) in [7, 11) is 0. The molecule has 6 rings (SSSR count). The maximum Gasteiger partial charge on any atom is 0.240 e. The Labute approximate surface area is 210 Å². The van der Waals surface area contributed by atoms with Gasteiger partial charge in [-0.05, 0) is 42.3 Å². The van der Waals surface area contributed by atoms with Gasteiger partial charge in [0.2, 0.25) is 5.91 Å². The number of phenols is 1. The van der Waals surface area contributed by atoms with E-state index in [0.29, 0.717) is 39.7 Å². The van der Waals surface area contributed by atoms with Crippen molar-refractivity contribution in [3.63, 3.8) is 0 Å². The van der Waals surface area contributed by atoms with Crippen LogP contribution in [-0.2, 0) is 16.6 Å². The number of benzene rings is 2. The summed E-state index contributed by atoms with van der Waals surface area (Å²) >= 11 is 6.17. The molecule has 0 bridgehead atoms. The van der Waals surface area contributed by atoms with Gasteiger partial charge in [-0.2, -0.15) is 0 Å². The molecule has 0 fully saturated rings. The summed E-state index contributed by atoms with van der Waals surface area (Å²) in [6.45, 7) is 1.74. The van der Waals surface area contributed by atoms with E-state index in [0.717, 1.165) is 11.3 Å². The van der Waals surface area contributed by atoms with Crippen molar-refractivity contribution in [1.29, 1.82) is 0 Å². The van der Waals surface area contributed by atoms with Crippen LogP contribution in [0.25, 0.3) is 17.2 Å². The standard InChI is InChI=1S/C26H20ClN7O2/c1-26(15-5-3-7-17(35)12-15)20-21(28)31-22(32-23(20)33-25(26)36)19-13-34-9-8-29-24(34)18(30-19)11-14-4-2-6-16(27)10-14/h2-10,12-13,35H,11H2,1H3,(H3,28,31,32,33,36). The van der Waals surface area contributed by atoms with Gasteiger partial charge in [0.15, 0.2) is 11.5 Å². The molecule has 0 spiro atoms. The van der Waals surface area contributed by atoms with Crippen LogP contribution in [0, 0.1) is 0 Å². The maximum absolute atomic E-state index is 13.1. The second kappa shape index (κ2) is 8.03. The lowest BCUT2D eigenvalue weighted by molar-refractivity contribution is -0.119. The first-order valence-electron chi connectivity index (χ1n) is 11.2. The van der Waals surface area contributed by atoms with Crippen LogP contribution in [0.15, 0.2) is 67.1 Å². The number of anilines is 2.